The molecule has 1 atom stereocenters. The fourth-order valence-corrected chi connectivity index (χ4v) is 3.28. The molecule has 2 aromatic carbocycles. The lowest BCUT2D eigenvalue weighted by Crippen LogP contribution is -2.33. The highest BCUT2D eigenvalue weighted by Gasteiger charge is 2.35. The third-order valence-corrected chi connectivity index (χ3v) is 5.08. The molecule has 130 valence electrons. The molecule has 4 nitrogen and oxygen atoms in total. The first-order valence-electron chi connectivity index (χ1n) is 8.66. The van der Waals surface area contributed by atoms with Gasteiger partial charge in [-0.3, -0.25) is 9.59 Å². The highest BCUT2D eigenvalue weighted by molar-refractivity contribution is 6.00. The van der Waals surface area contributed by atoms with Gasteiger partial charge in [-0.15, -0.1) is 0 Å². The predicted octanol–water partition coefficient (Wildman–Crippen LogP) is 3.28. The van der Waals surface area contributed by atoms with Crippen LogP contribution < -0.4 is 10.2 Å². The van der Waals surface area contributed by atoms with Crippen LogP contribution >= 0.6 is 0 Å². The maximum absolute atomic E-state index is 12.5. The van der Waals surface area contributed by atoms with Gasteiger partial charge in [0.15, 0.2) is 0 Å². The van der Waals surface area contributed by atoms with Crippen LogP contribution in [0.4, 0.5) is 5.69 Å². The highest BCUT2D eigenvalue weighted by atomic mass is 16.2. The van der Waals surface area contributed by atoms with E-state index in [9.17, 15) is 9.59 Å². The summed E-state index contributed by atoms with van der Waals surface area (Å²) in [5.74, 6) is -0.328. The van der Waals surface area contributed by atoms with Gasteiger partial charge >= 0.3 is 0 Å². The van der Waals surface area contributed by atoms with Crippen LogP contribution in [0.1, 0.15) is 28.7 Å². The first-order chi connectivity index (χ1) is 12.0. The molecule has 0 saturated carbocycles. The molecular formula is C21H24N2O2. The smallest absolute Gasteiger partial charge is 0.227 e. The Hall–Kier alpha value is -2.62. The van der Waals surface area contributed by atoms with Crippen molar-refractivity contribution in [3.05, 3.63) is 64.7 Å². The second-order valence-corrected chi connectivity index (χ2v) is 6.77. The summed E-state index contributed by atoms with van der Waals surface area (Å²) in [5, 5.41) is 2.98. The molecule has 1 fully saturated rings. The molecule has 2 amide bonds. The monoisotopic (exact) mass is 336 g/mol. The average molecular weight is 336 g/mol. The van der Waals surface area contributed by atoms with Gasteiger partial charge in [0.1, 0.15) is 0 Å². The molecule has 0 aromatic heterocycles. The molecule has 1 heterocycles. The van der Waals surface area contributed by atoms with E-state index in [1.807, 2.05) is 63.2 Å². The summed E-state index contributed by atoms with van der Waals surface area (Å²) in [6.07, 6.45) is 0.271. The predicted molar refractivity (Wildman–Crippen MR) is 99.4 cm³/mol. The molecule has 1 unspecified atom stereocenters. The number of aryl methyl sites for hydroxylation is 2. The molecule has 1 aliphatic rings. The maximum Gasteiger partial charge on any atom is 0.227 e. The summed E-state index contributed by atoms with van der Waals surface area (Å²) in [5.41, 5.74) is 5.42. The van der Waals surface area contributed by atoms with Crippen LogP contribution in [0.2, 0.25) is 0 Å². The number of rotatable bonds is 4. The Morgan fingerprint density at radius 3 is 2.56 bits per heavy atom. The number of carbonyl (C=O) groups excluding carboxylic acids is 2. The van der Waals surface area contributed by atoms with Crippen molar-refractivity contribution in [1.82, 2.24) is 5.32 Å². The van der Waals surface area contributed by atoms with E-state index in [4.69, 9.17) is 0 Å². The van der Waals surface area contributed by atoms with Crippen LogP contribution in [-0.2, 0) is 16.1 Å². The van der Waals surface area contributed by atoms with Gasteiger partial charge in [0.25, 0.3) is 0 Å². The average Bonchev–Trinajstić information content (AvgIpc) is 2.98. The number of hydrogen-bond donors (Lipinski definition) is 1. The van der Waals surface area contributed by atoms with Gasteiger partial charge in [0.2, 0.25) is 11.8 Å². The molecule has 1 saturated heterocycles. The van der Waals surface area contributed by atoms with E-state index in [-0.39, 0.29) is 24.2 Å². The summed E-state index contributed by atoms with van der Waals surface area (Å²) in [4.78, 5) is 26.7. The summed E-state index contributed by atoms with van der Waals surface area (Å²) < 4.78 is 0. The SMILES string of the molecule is Cc1ccccc1CNC(=O)C1CC(=O)N(c2cccc(C)c2C)C1. The lowest BCUT2D eigenvalue weighted by molar-refractivity contribution is -0.126. The molecule has 0 radical (unpaired) electrons. The third-order valence-electron chi connectivity index (χ3n) is 5.08. The Kier molecular flexibility index (Phi) is 4.88. The fraction of sp³-hybridized carbons (Fsp3) is 0.333. The number of carbonyl (C=O) groups is 2. The van der Waals surface area contributed by atoms with Gasteiger partial charge in [-0.1, -0.05) is 36.4 Å². The molecular weight excluding hydrogens is 312 g/mol. The van der Waals surface area contributed by atoms with E-state index in [2.05, 4.69) is 5.32 Å². The zero-order chi connectivity index (χ0) is 18.0. The van der Waals surface area contributed by atoms with E-state index in [1.165, 1.54) is 0 Å². The zero-order valence-electron chi connectivity index (χ0n) is 15.0. The standard InChI is InChI=1S/C21H24N2O2/c1-14-8-6-10-19(16(14)3)23-13-18(11-20(23)24)21(25)22-12-17-9-5-4-7-15(17)2/h4-10,18H,11-13H2,1-3H3,(H,22,25). The number of amides is 2. The lowest BCUT2D eigenvalue weighted by Gasteiger charge is -2.20. The normalized spacial score (nSPS) is 17.0. The van der Waals surface area contributed by atoms with Crippen LogP contribution in [0.25, 0.3) is 0 Å². The van der Waals surface area contributed by atoms with Gasteiger partial charge in [-0.05, 0) is 49.1 Å². The second-order valence-electron chi connectivity index (χ2n) is 6.77. The Morgan fingerprint density at radius 1 is 1.08 bits per heavy atom. The minimum absolute atomic E-state index is 0.0183. The van der Waals surface area contributed by atoms with Crippen molar-refractivity contribution in [2.75, 3.05) is 11.4 Å². The maximum atomic E-state index is 12.5. The number of nitrogens with one attached hydrogen (secondary N) is 1. The van der Waals surface area contributed by atoms with Crippen LogP contribution in [0.3, 0.4) is 0 Å². The molecule has 3 rings (SSSR count). The minimum Gasteiger partial charge on any atom is -0.352 e. The molecule has 0 aliphatic carbocycles. The van der Waals surface area contributed by atoms with Gasteiger partial charge in [-0.2, -0.15) is 0 Å². The third kappa shape index (κ3) is 3.58. The molecule has 25 heavy (non-hydrogen) atoms. The van der Waals surface area contributed by atoms with Crippen LogP contribution in [0.15, 0.2) is 42.5 Å². The summed E-state index contributed by atoms with van der Waals surface area (Å²) in [6, 6.07) is 13.9. The number of nitrogens with zero attached hydrogens (tertiary/aromatic N) is 1. The summed E-state index contributed by atoms with van der Waals surface area (Å²) >= 11 is 0. The van der Waals surface area contributed by atoms with Crippen molar-refractivity contribution in [3.63, 3.8) is 0 Å². The molecule has 0 bridgehead atoms. The van der Waals surface area contributed by atoms with Gasteiger partial charge in [0.05, 0.1) is 5.92 Å². The van der Waals surface area contributed by atoms with Crippen LogP contribution in [0.5, 0.6) is 0 Å². The molecule has 1 N–H and O–H groups in total. The summed E-state index contributed by atoms with van der Waals surface area (Å²) in [7, 11) is 0. The van der Waals surface area contributed by atoms with Crippen molar-refractivity contribution >= 4 is 17.5 Å². The van der Waals surface area contributed by atoms with Crippen molar-refractivity contribution in [1.29, 1.82) is 0 Å². The second kappa shape index (κ2) is 7.09. The molecule has 2 aromatic rings. The first kappa shape index (κ1) is 17.2. The Balaban J connectivity index is 1.67. The van der Waals surface area contributed by atoms with Crippen LogP contribution in [-0.4, -0.2) is 18.4 Å². The molecule has 4 heteroatoms. The largest absolute Gasteiger partial charge is 0.352 e. The number of hydrogen-bond acceptors (Lipinski definition) is 2. The first-order valence-corrected chi connectivity index (χ1v) is 8.66. The Bertz CT molecular complexity index is 813. The van der Waals surface area contributed by atoms with E-state index in [0.717, 1.165) is 27.9 Å². The van der Waals surface area contributed by atoms with E-state index < -0.39 is 0 Å². The van der Waals surface area contributed by atoms with E-state index in [1.54, 1.807) is 4.90 Å². The quantitative estimate of drug-likeness (QED) is 0.931. The van der Waals surface area contributed by atoms with E-state index in [0.29, 0.717) is 13.1 Å². The lowest BCUT2D eigenvalue weighted by atomic mass is 10.1. The summed E-state index contributed by atoms with van der Waals surface area (Å²) in [6.45, 7) is 7.03. The molecule has 1 aliphatic heterocycles. The van der Waals surface area contributed by atoms with Gasteiger partial charge < -0.3 is 10.2 Å². The minimum atomic E-state index is -0.295. The van der Waals surface area contributed by atoms with Crippen LogP contribution in [0, 0.1) is 26.7 Å². The topological polar surface area (TPSA) is 49.4 Å². The molecule has 0 spiro atoms. The Labute approximate surface area is 148 Å². The highest BCUT2D eigenvalue weighted by Crippen LogP contribution is 2.29. The zero-order valence-corrected chi connectivity index (χ0v) is 15.0. The van der Waals surface area contributed by atoms with Crippen molar-refractivity contribution in [2.45, 2.75) is 33.7 Å². The van der Waals surface area contributed by atoms with Gasteiger partial charge in [0, 0.05) is 25.2 Å². The van der Waals surface area contributed by atoms with Crippen molar-refractivity contribution in [2.24, 2.45) is 5.92 Å². The van der Waals surface area contributed by atoms with Crippen molar-refractivity contribution in [3.8, 4) is 0 Å². The van der Waals surface area contributed by atoms with E-state index >= 15 is 0 Å². The Morgan fingerprint density at radius 2 is 1.80 bits per heavy atom. The number of anilines is 1. The number of benzene rings is 2. The fourth-order valence-electron chi connectivity index (χ4n) is 3.28. The van der Waals surface area contributed by atoms with Crippen molar-refractivity contribution < 1.29 is 9.59 Å². The van der Waals surface area contributed by atoms with Gasteiger partial charge in [-0.25, -0.2) is 0 Å².